The van der Waals surface area contributed by atoms with Crippen molar-refractivity contribution in [2.24, 2.45) is 46.3 Å². The molecule has 0 aromatic heterocycles. The summed E-state index contributed by atoms with van der Waals surface area (Å²) in [7, 11) is 0. The molecule has 8 atom stereocenters. The van der Waals surface area contributed by atoms with Crippen molar-refractivity contribution in [1.82, 2.24) is 0 Å². The summed E-state index contributed by atoms with van der Waals surface area (Å²) in [6, 6.07) is 0. The second-order valence-electron chi connectivity index (χ2n) is 11.0. The fourth-order valence-corrected chi connectivity index (χ4v) is 8.49. The van der Waals surface area contributed by atoms with Crippen molar-refractivity contribution < 1.29 is 14.7 Å². The minimum Gasteiger partial charge on any atom is -0.481 e. The van der Waals surface area contributed by atoms with Crippen molar-refractivity contribution in [3.8, 4) is 0 Å². The van der Waals surface area contributed by atoms with E-state index in [1.165, 1.54) is 51.4 Å². The summed E-state index contributed by atoms with van der Waals surface area (Å²) in [5.41, 5.74) is 0.637. The number of carbonyl (C=O) groups is 2. The summed E-state index contributed by atoms with van der Waals surface area (Å²) >= 11 is 0. The maximum atomic E-state index is 13.3. The number of fused-ring (bicyclic) bond motifs is 5. The Morgan fingerprint density at radius 2 is 1.81 bits per heavy atom. The highest BCUT2D eigenvalue weighted by molar-refractivity contribution is 5.83. The fraction of sp³-hybridized carbons (Fsp3) is 0.917. The van der Waals surface area contributed by atoms with Crippen LogP contribution >= 0.6 is 0 Å². The normalized spacial score (nSPS) is 47.7. The molecule has 3 heteroatoms. The maximum Gasteiger partial charge on any atom is 0.303 e. The van der Waals surface area contributed by atoms with Crippen LogP contribution in [0, 0.1) is 46.3 Å². The monoisotopic (exact) mass is 374 g/mol. The van der Waals surface area contributed by atoms with Crippen LogP contribution in [-0.4, -0.2) is 16.9 Å². The Bertz CT molecular complexity index is 613. The second-order valence-corrected chi connectivity index (χ2v) is 11.0. The van der Waals surface area contributed by atoms with Crippen LogP contribution in [0.4, 0.5) is 0 Å². The zero-order chi connectivity index (χ0) is 19.4. The third-order valence-electron chi connectivity index (χ3n) is 9.96. The van der Waals surface area contributed by atoms with E-state index in [0.717, 1.165) is 12.8 Å². The minimum absolute atomic E-state index is 0.243. The van der Waals surface area contributed by atoms with Crippen LogP contribution < -0.4 is 0 Å². The quantitative estimate of drug-likeness (QED) is 0.685. The van der Waals surface area contributed by atoms with E-state index in [4.69, 9.17) is 5.11 Å². The van der Waals surface area contributed by atoms with E-state index in [1.807, 2.05) is 0 Å². The molecule has 4 aliphatic rings. The van der Waals surface area contributed by atoms with E-state index in [9.17, 15) is 9.59 Å². The molecule has 0 heterocycles. The van der Waals surface area contributed by atoms with Crippen LogP contribution in [0.25, 0.3) is 0 Å². The minimum atomic E-state index is -0.677. The molecule has 0 amide bonds. The van der Waals surface area contributed by atoms with Gasteiger partial charge < -0.3 is 5.11 Å². The second kappa shape index (κ2) is 6.88. The zero-order valence-corrected chi connectivity index (χ0v) is 17.5. The number of rotatable bonds is 4. The third kappa shape index (κ3) is 2.99. The van der Waals surface area contributed by atoms with Gasteiger partial charge in [-0.25, -0.2) is 0 Å². The van der Waals surface area contributed by atoms with E-state index in [-0.39, 0.29) is 11.8 Å². The van der Waals surface area contributed by atoms with E-state index in [0.29, 0.717) is 46.7 Å². The summed E-state index contributed by atoms with van der Waals surface area (Å²) in [6.07, 6.45) is 12.0. The zero-order valence-electron chi connectivity index (χ0n) is 17.5. The van der Waals surface area contributed by atoms with Crippen LogP contribution in [0.15, 0.2) is 0 Å². The molecule has 4 rings (SSSR count). The van der Waals surface area contributed by atoms with Crippen molar-refractivity contribution >= 4 is 11.8 Å². The molecule has 4 aliphatic carbocycles. The van der Waals surface area contributed by atoms with Gasteiger partial charge in [-0.3, -0.25) is 9.59 Å². The number of ketones is 1. The van der Waals surface area contributed by atoms with Crippen LogP contribution in [0.5, 0.6) is 0 Å². The Morgan fingerprint density at radius 1 is 1.07 bits per heavy atom. The van der Waals surface area contributed by atoms with Gasteiger partial charge in [0.2, 0.25) is 0 Å². The van der Waals surface area contributed by atoms with Crippen LogP contribution in [0.1, 0.15) is 91.4 Å². The smallest absolute Gasteiger partial charge is 0.303 e. The molecule has 0 spiro atoms. The Hall–Kier alpha value is -0.860. The van der Waals surface area contributed by atoms with Gasteiger partial charge >= 0.3 is 5.97 Å². The van der Waals surface area contributed by atoms with Crippen LogP contribution in [0.2, 0.25) is 0 Å². The van der Waals surface area contributed by atoms with E-state index in [1.54, 1.807) is 0 Å². The molecule has 0 aromatic carbocycles. The highest BCUT2D eigenvalue weighted by Gasteiger charge is 2.62. The van der Waals surface area contributed by atoms with Gasteiger partial charge in [0.15, 0.2) is 0 Å². The predicted octanol–water partition coefficient (Wildman–Crippen LogP) is 5.72. The Kier molecular flexibility index (Phi) is 4.96. The first-order valence-electron chi connectivity index (χ1n) is 11.5. The highest BCUT2D eigenvalue weighted by Crippen LogP contribution is 2.67. The molecule has 0 bridgehead atoms. The summed E-state index contributed by atoms with van der Waals surface area (Å²) < 4.78 is 0. The molecule has 0 radical (unpaired) electrons. The largest absolute Gasteiger partial charge is 0.481 e. The van der Waals surface area contributed by atoms with Crippen molar-refractivity contribution in [3.63, 3.8) is 0 Å². The first-order valence-corrected chi connectivity index (χ1v) is 11.5. The lowest BCUT2D eigenvalue weighted by molar-refractivity contribution is -0.156. The third-order valence-corrected chi connectivity index (χ3v) is 9.96. The van der Waals surface area contributed by atoms with Crippen molar-refractivity contribution in [2.45, 2.75) is 91.4 Å². The first-order chi connectivity index (χ1) is 12.8. The van der Waals surface area contributed by atoms with Gasteiger partial charge in [0.25, 0.3) is 0 Å². The maximum absolute atomic E-state index is 13.3. The summed E-state index contributed by atoms with van der Waals surface area (Å²) in [4.78, 5) is 24.4. The molecule has 0 saturated heterocycles. The number of carbonyl (C=O) groups excluding carboxylic acids is 1. The van der Waals surface area contributed by atoms with Gasteiger partial charge in [-0.15, -0.1) is 0 Å². The Balaban J connectivity index is 1.57. The number of hydrogen-bond donors (Lipinski definition) is 1. The number of carboxylic acid groups (broad SMARTS) is 1. The molecule has 3 nitrogen and oxygen atoms in total. The van der Waals surface area contributed by atoms with Gasteiger partial charge in [0, 0.05) is 18.8 Å². The molecule has 0 aromatic rings. The predicted molar refractivity (Wildman–Crippen MR) is 106 cm³/mol. The Labute approximate surface area is 164 Å². The number of aliphatic carboxylic acids is 1. The van der Waals surface area contributed by atoms with Gasteiger partial charge in [-0.2, -0.15) is 0 Å². The van der Waals surface area contributed by atoms with Crippen molar-refractivity contribution in [2.75, 3.05) is 0 Å². The van der Waals surface area contributed by atoms with Gasteiger partial charge in [-0.1, -0.05) is 33.6 Å². The van der Waals surface area contributed by atoms with Crippen LogP contribution in [0.3, 0.4) is 0 Å². The Morgan fingerprint density at radius 3 is 2.56 bits per heavy atom. The molecular formula is C24H38O3. The molecule has 4 saturated carbocycles. The fourth-order valence-electron chi connectivity index (χ4n) is 8.49. The summed E-state index contributed by atoms with van der Waals surface area (Å²) in [5, 5.41) is 9.08. The first kappa shape index (κ1) is 19.5. The van der Waals surface area contributed by atoms with Gasteiger partial charge in [-0.05, 0) is 85.4 Å². The SMILES string of the molecule is C[C@@H](CCC(=O)O)[C@@H]1CC[C@@H]2[C@H]3C(=O)C[C@H]4CCCC[C@@]4(C)[C@@H]3CC[C@]21C. The topological polar surface area (TPSA) is 54.4 Å². The van der Waals surface area contributed by atoms with Gasteiger partial charge in [0.05, 0.1) is 0 Å². The standard InChI is InChI=1S/C24H38O3/c1-15(7-10-21(26)27)17-8-9-18-22-19(11-13-24(17,18)3)23(2)12-5-4-6-16(23)14-20(22)25/h15-19,22H,4-14H2,1-3H3,(H,26,27)/t15-,16+,17-,18+,19+,22+,23+,24-/m0/s1. The van der Waals surface area contributed by atoms with Crippen molar-refractivity contribution in [1.29, 1.82) is 0 Å². The average molecular weight is 375 g/mol. The lowest BCUT2D eigenvalue weighted by Gasteiger charge is -2.60. The molecule has 1 N–H and O–H groups in total. The van der Waals surface area contributed by atoms with Gasteiger partial charge in [0.1, 0.15) is 5.78 Å². The van der Waals surface area contributed by atoms with E-state index >= 15 is 0 Å². The summed E-state index contributed by atoms with van der Waals surface area (Å²) in [5.74, 6) is 3.02. The number of carboxylic acids is 1. The highest BCUT2D eigenvalue weighted by atomic mass is 16.4. The molecule has 0 aliphatic heterocycles. The molecule has 0 unspecified atom stereocenters. The number of Topliss-reactive ketones (excluding diaryl/α,β-unsaturated/α-hetero) is 1. The lowest BCUT2D eigenvalue weighted by Crippen LogP contribution is -2.56. The molecule has 152 valence electrons. The lowest BCUT2D eigenvalue weighted by atomic mass is 9.44. The van der Waals surface area contributed by atoms with E-state index < -0.39 is 5.97 Å². The van der Waals surface area contributed by atoms with Crippen molar-refractivity contribution in [3.05, 3.63) is 0 Å². The summed E-state index contributed by atoms with van der Waals surface area (Å²) in [6.45, 7) is 7.23. The molecular weight excluding hydrogens is 336 g/mol. The molecule has 4 fully saturated rings. The van der Waals surface area contributed by atoms with E-state index in [2.05, 4.69) is 20.8 Å². The number of hydrogen-bond acceptors (Lipinski definition) is 2. The molecule has 27 heavy (non-hydrogen) atoms. The average Bonchev–Trinajstić information content (AvgIpc) is 2.97. The van der Waals surface area contributed by atoms with Crippen LogP contribution in [-0.2, 0) is 9.59 Å².